The Bertz CT molecular complexity index is 747. The van der Waals surface area contributed by atoms with Crippen LogP contribution in [-0.4, -0.2) is 42.7 Å². The van der Waals surface area contributed by atoms with Crippen molar-refractivity contribution in [2.45, 2.75) is 5.54 Å². The zero-order valence-electron chi connectivity index (χ0n) is 11.7. The SMILES string of the molecule is COC(=O)C1C(=O)NC(=O)C12c1ccc(Cl)cc1C(=O)N2C. The summed E-state index contributed by atoms with van der Waals surface area (Å²) in [6, 6.07) is 4.39. The van der Waals surface area contributed by atoms with E-state index in [0.717, 1.165) is 12.0 Å². The predicted molar refractivity (Wildman–Crippen MR) is 73.9 cm³/mol. The standard InChI is InChI=1S/C14H11ClN2O5/c1-17-11(19)7-5-6(15)3-4-8(7)14(17)9(12(20)22-2)10(18)16-13(14)21/h3-5,9H,1-2H3,(H,16,18,21). The maximum absolute atomic E-state index is 12.5. The number of hydrogen-bond donors (Lipinski definition) is 1. The first-order chi connectivity index (χ1) is 10.4. The highest BCUT2D eigenvalue weighted by atomic mass is 35.5. The molecule has 0 bridgehead atoms. The fourth-order valence-electron chi connectivity index (χ4n) is 3.17. The van der Waals surface area contributed by atoms with Gasteiger partial charge in [-0.2, -0.15) is 0 Å². The molecule has 0 radical (unpaired) electrons. The summed E-state index contributed by atoms with van der Waals surface area (Å²) < 4.78 is 4.65. The van der Waals surface area contributed by atoms with E-state index in [4.69, 9.17) is 11.6 Å². The van der Waals surface area contributed by atoms with E-state index in [1.807, 2.05) is 0 Å². The second-order valence-electron chi connectivity index (χ2n) is 5.10. The summed E-state index contributed by atoms with van der Waals surface area (Å²) in [5, 5.41) is 2.43. The van der Waals surface area contributed by atoms with Crippen LogP contribution in [0.1, 0.15) is 15.9 Å². The molecule has 8 heteroatoms. The van der Waals surface area contributed by atoms with Crippen molar-refractivity contribution in [2.24, 2.45) is 5.92 Å². The second kappa shape index (κ2) is 4.54. The van der Waals surface area contributed by atoms with Gasteiger partial charge in [0, 0.05) is 23.2 Å². The minimum absolute atomic E-state index is 0.189. The first-order valence-corrected chi connectivity index (χ1v) is 6.74. The number of ether oxygens (including phenoxy) is 1. The number of esters is 1. The van der Waals surface area contributed by atoms with E-state index < -0.39 is 35.1 Å². The second-order valence-corrected chi connectivity index (χ2v) is 5.53. The average Bonchev–Trinajstić information content (AvgIpc) is 2.86. The highest BCUT2D eigenvalue weighted by Crippen LogP contribution is 2.47. The van der Waals surface area contributed by atoms with Crippen LogP contribution in [-0.2, 0) is 24.7 Å². The lowest BCUT2D eigenvalue weighted by molar-refractivity contribution is -0.154. The lowest BCUT2D eigenvalue weighted by atomic mass is 9.79. The van der Waals surface area contributed by atoms with Gasteiger partial charge in [-0.05, 0) is 12.1 Å². The highest BCUT2D eigenvalue weighted by molar-refractivity contribution is 6.31. The number of halogens is 1. The number of carbonyl (C=O) groups is 4. The number of hydrogen-bond acceptors (Lipinski definition) is 5. The Labute approximate surface area is 130 Å². The van der Waals surface area contributed by atoms with Crippen molar-refractivity contribution >= 4 is 35.3 Å². The topological polar surface area (TPSA) is 92.8 Å². The summed E-state index contributed by atoms with van der Waals surface area (Å²) in [7, 11) is 2.48. The van der Waals surface area contributed by atoms with Crippen molar-refractivity contribution in [3.8, 4) is 0 Å². The van der Waals surface area contributed by atoms with Crippen LogP contribution in [0.4, 0.5) is 0 Å². The third-order valence-corrected chi connectivity index (χ3v) is 4.39. The largest absolute Gasteiger partial charge is 0.468 e. The number of nitrogens with zero attached hydrogens (tertiary/aromatic N) is 1. The van der Waals surface area contributed by atoms with Crippen molar-refractivity contribution in [1.82, 2.24) is 10.2 Å². The Morgan fingerprint density at radius 2 is 2.05 bits per heavy atom. The molecule has 1 aromatic carbocycles. The van der Waals surface area contributed by atoms with Gasteiger partial charge in [-0.1, -0.05) is 17.7 Å². The first-order valence-electron chi connectivity index (χ1n) is 6.37. The van der Waals surface area contributed by atoms with Crippen molar-refractivity contribution in [3.63, 3.8) is 0 Å². The van der Waals surface area contributed by atoms with Gasteiger partial charge in [0.2, 0.25) is 5.91 Å². The van der Waals surface area contributed by atoms with Crippen LogP contribution < -0.4 is 5.32 Å². The number of amides is 3. The molecular weight excluding hydrogens is 312 g/mol. The summed E-state index contributed by atoms with van der Waals surface area (Å²) in [6.07, 6.45) is 0. The monoisotopic (exact) mass is 322 g/mol. The molecule has 1 saturated heterocycles. The van der Waals surface area contributed by atoms with Crippen LogP contribution in [0.3, 0.4) is 0 Å². The fourth-order valence-corrected chi connectivity index (χ4v) is 3.34. The Hall–Kier alpha value is -2.41. The molecule has 2 aliphatic rings. The van der Waals surface area contributed by atoms with Gasteiger partial charge in [0.05, 0.1) is 7.11 Å². The quantitative estimate of drug-likeness (QED) is 0.448. The van der Waals surface area contributed by atoms with E-state index in [-0.39, 0.29) is 11.1 Å². The molecule has 3 amide bonds. The molecule has 0 saturated carbocycles. The number of nitrogens with one attached hydrogen (secondary N) is 1. The normalized spacial score (nSPS) is 26.4. The zero-order valence-corrected chi connectivity index (χ0v) is 12.4. The Kier molecular flexibility index (Phi) is 3.00. The third-order valence-electron chi connectivity index (χ3n) is 4.16. The number of imide groups is 1. The van der Waals surface area contributed by atoms with E-state index in [9.17, 15) is 19.2 Å². The Morgan fingerprint density at radius 1 is 1.36 bits per heavy atom. The smallest absolute Gasteiger partial charge is 0.321 e. The highest BCUT2D eigenvalue weighted by Gasteiger charge is 2.67. The fraction of sp³-hybridized carbons (Fsp3) is 0.286. The molecule has 2 unspecified atom stereocenters. The lowest BCUT2D eigenvalue weighted by Crippen LogP contribution is -2.53. The molecule has 0 aromatic heterocycles. The minimum Gasteiger partial charge on any atom is -0.468 e. The first kappa shape index (κ1) is 14.5. The predicted octanol–water partition coefficient (Wildman–Crippen LogP) is 0.0665. The molecule has 22 heavy (non-hydrogen) atoms. The maximum Gasteiger partial charge on any atom is 0.321 e. The summed E-state index contributed by atoms with van der Waals surface area (Å²) in [5.74, 6) is -4.35. The molecule has 1 spiro atoms. The van der Waals surface area contributed by atoms with Gasteiger partial charge in [0.25, 0.3) is 11.8 Å². The molecule has 3 rings (SSSR count). The number of rotatable bonds is 1. The summed E-state index contributed by atoms with van der Waals surface area (Å²) >= 11 is 5.89. The Morgan fingerprint density at radius 3 is 2.68 bits per heavy atom. The molecule has 1 fully saturated rings. The third kappa shape index (κ3) is 1.51. The van der Waals surface area contributed by atoms with Crippen LogP contribution in [0.5, 0.6) is 0 Å². The van der Waals surface area contributed by atoms with E-state index in [1.54, 1.807) is 0 Å². The lowest BCUT2D eigenvalue weighted by Gasteiger charge is -2.32. The van der Waals surface area contributed by atoms with Crippen molar-refractivity contribution in [3.05, 3.63) is 34.3 Å². The molecule has 2 heterocycles. The van der Waals surface area contributed by atoms with E-state index >= 15 is 0 Å². The van der Waals surface area contributed by atoms with Crippen molar-refractivity contribution < 1.29 is 23.9 Å². The molecule has 114 valence electrons. The van der Waals surface area contributed by atoms with Crippen molar-refractivity contribution in [1.29, 1.82) is 0 Å². The Balaban J connectivity index is 2.32. The van der Waals surface area contributed by atoms with Crippen LogP contribution in [0.15, 0.2) is 18.2 Å². The van der Waals surface area contributed by atoms with Gasteiger partial charge in [-0.15, -0.1) is 0 Å². The van der Waals surface area contributed by atoms with Gasteiger partial charge in [0.15, 0.2) is 11.5 Å². The number of likely N-dealkylation sites (N-methyl/N-ethyl adjacent to an activating group) is 1. The average molecular weight is 323 g/mol. The molecule has 0 aliphatic carbocycles. The van der Waals surface area contributed by atoms with Gasteiger partial charge < -0.3 is 9.64 Å². The minimum atomic E-state index is -1.73. The zero-order chi connectivity index (χ0) is 16.2. The van der Waals surface area contributed by atoms with Gasteiger partial charge >= 0.3 is 5.97 Å². The number of fused-ring (bicyclic) bond motifs is 2. The van der Waals surface area contributed by atoms with E-state index in [1.165, 1.54) is 25.2 Å². The molecule has 1 aromatic rings. The van der Waals surface area contributed by atoms with E-state index in [2.05, 4.69) is 10.1 Å². The maximum atomic E-state index is 12.5. The summed E-state index contributed by atoms with van der Waals surface area (Å²) in [6.45, 7) is 0. The van der Waals surface area contributed by atoms with Gasteiger partial charge in [0.1, 0.15) is 0 Å². The number of benzene rings is 1. The van der Waals surface area contributed by atoms with E-state index in [0.29, 0.717) is 5.02 Å². The van der Waals surface area contributed by atoms with Crippen LogP contribution >= 0.6 is 11.6 Å². The summed E-state index contributed by atoms with van der Waals surface area (Å²) in [5.41, 5.74) is -1.28. The van der Waals surface area contributed by atoms with Crippen LogP contribution in [0.2, 0.25) is 5.02 Å². The van der Waals surface area contributed by atoms with Crippen molar-refractivity contribution in [2.75, 3.05) is 14.2 Å². The molecule has 1 N–H and O–H groups in total. The molecule has 2 aliphatic heterocycles. The molecule has 2 atom stereocenters. The van der Waals surface area contributed by atoms with Crippen LogP contribution in [0, 0.1) is 5.92 Å². The van der Waals surface area contributed by atoms with Gasteiger partial charge in [-0.3, -0.25) is 24.5 Å². The molecule has 7 nitrogen and oxygen atoms in total. The number of methoxy groups -OCH3 is 1. The van der Waals surface area contributed by atoms with Crippen LogP contribution in [0.25, 0.3) is 0 Å². The number of carbonyl (C=O) groups excluding carboxylic acids is 4. The molecular formula is C14H11ClN2O5. The van der Waals surface area contributed by atoms with Gasteiger partial charge in [-0.25, -0.2) is 0 Å². The summed E-state index contributed by atoms with van der Waals surface area (Å²) in [4.78, 5) is 50.2.